The second kappa shape index (κ2) is 8.85. The molecule has 0 aliphatic rings. The number of aliphatic hydroxyl groups excluding tert-OH is 1. The Morgan fingerprint density at radius 1 is 1.13 bits per heavy atom. The molecule has 4 aromatic rings. The number of rotatable bonds is 7. The summed E-state index contributed by atoms with van der Waals surface area (Å²) in [5.41, 5.74) is 1.99. The van der Waals surface area contributed by atoms with E-state index in [0.29, 0.717) is 28.0 Å². The molecule has 2 heterocycles. The summed E-state index contributed by atoms with van der Waals surface area (Å²) in [5.74, 6) is 0.319. The summed E-state index contributed by atoms with van der Waals surface area (Å²) in [6.45, 7) is 0.133. The molecule has 1 amide bonds. The molecule has 0 atom stereocenters. The number of benzene rings is 2. The van der Waals surface area contributed by atoms with E-state index in [-0.39, 0.29) is 24.7 Å². The number of H-pyrrole nitrogens is 1. The van der Waals surface area contributed by atoms with Gasteiger partial charge < -0.3 is 14.8 Å². The summed E-state index contributed by atoms with van der Waals surface area (Å²) in [7, 11) is 0. The Balaban J connectivity index is 1.69. The normalized spacial score (nSPS) is 10.7. The molecular weight excluding hydrogens is 407 g/mol. The van der Waals surface area contributed by atoms with Gasteiger partial charge in [-0.15, -0.1) is 11.3 Å². The van der Waals surface area contributed by atoms with E-state index < -0.39 is 5.91 Å². The monoisotopic (exact) mass is 424 g/mol. The number of hydrogen-bond donors (Lipinski definition) is 3. The first-order valence-electron chi connectivity index (χ1n) is 9.05. The van der Waals surface area contributed by atoms with E-state index in [1.807, 2.05) is 0 Å². The van der Waals surface area contributed by atoms with Crippen molar-refractivity contribution < 1.29 is 19.0 Å². The molecule has 3 N–H and O–H groups in total. The molecule has 9 heteroatoms. The SMILES string of the molecule is O=C(Nc1nccs1)c1[nH]c(-c2ccc(OCCO)cc2)nc1-c1ccc(F)cc1. The lowest BCUT2D eigenvalue weighted by Crippen LogP contribution is -2.13. The van der Waals surface area contributed by atoms with Gasteiger partial charge in [0.25, 0.3) is 5.91 Å². The first-order chi connectivity index (χ1) is 14.6. The molecule has 0 bridgehead atoms. The molecule has 0 spiro atoms. The second-order valence-corrected chi connectivity index (χ2v) is 7.10. The number of imidazole rings is 1. The zero-order valence-corrected chi connectivity index (χ0v) is 16.4. The van der Waals surface area contributed by atoms with Gasteiger partial charge in [0.1, 0.15) is 35.4 Å². The third-order valence-electron chi connectivity index (χ3n) is 4.19. The number of carbonyl (C=O) groups excluding carboxylic acids is 1. The van der Waals surface area contributed by atoms with Crippen molar-refractivity contribution in [2.45, 2.75) is 0 Å². The summed E-state index contributed by atoms with van der Waals surface area (Å²) < 4.78 is 18.7. The summed E-state index contributed by atoms with van der Waals surface area (Å²) >= 11 is 1.30. The van der Waals surface area contributed by atoms with Gasteiger partial charge in [-0.2, -0.15) is 0 Å². The second-order valence-electron chi connectivity index (χ2n) is 6.20. The number of nitrogens with zero attached hydrogens (tertiary/aromatic N) is 2. The fourth-order valence-electron chi connectivity index (χ4n) is 2.81. The van der Waals surface area contributed by atoms with E-state index in [9.17, 15) is 9.18 Å². The maximum atomic E-state index is 13.4. The predicted octanol–water partition coefficient (Wildman–Crippen LogP) is 3.96. The Morgan fingerprint density at radius 3 is 2.53 bits per heavy atom. The first-order valence-corrected chi connectivity index (χ1v) is 9.93. The van der Waals surface area contributed by atoms with Crippen molar-refractivity contribution >= 4 is 22.4 Å². The zero-order valence-electron chi connectivity index (χ0n) is 15.6. The molecule has 7 nitrogen and oxygen atoms in total. The van der Waals surface area contributed by atoms with Gasteiger partial charge >= 0.3 is 0 Å². The summed E-state index contributed by atoms with van der Waals surface area (Å²) in [6.07, 6.45) is 1.60. The summed E-state index contributed by atoms with van der Waals surface area (Å²) in [6, 6.07) is 12.9. The molecule has 0 radical (unpaired) electrons. The summed E-state index contributed by atoms with van der Waals surface area (Å²) in [4.78, 5) is 24.6. The highest BCUT2D eigenvalue weighted by atomic mass is 32.1. The van der Waals surface area contributed by atoms with Crippen LogP contribution < -0.4 is 10.1 Å². The number of halogens is 1. The van der Waals surface area contributed by atoms with Crippen LogP contribution in [-0.2, 0) is 0 Å². The standard InChI is InChI=1S/C21H17FN4O3S/c22-15-5-1-13(2-6-15)17-18(20(28)26-21-23-9-12-30-21)25-19(24-17)14-3-7-16(8-4-14)29-11-10-27/h1-9,12,27H,10-11H2,(H,24,25)(H,23,26,28). The largest absolute Gasteiger partial charge is 0.491 e. The van der Waals surface area contributed by atoms with Gasteiger partial charge in [-0.25, -0.2) is 14.4 Å². The molecule has 0 fully saturated rings. The van der Waals surface area contributed by atoms with Crippen molar-refractivity contribution in [3.8, 4) is 28.4 Å². The predicted molar refractivity (Wildman–Crippen MR) is 112 cm³/mol. The fraction of sp³-hybridized carbons (Fsp3) is 0.0952. The number of ether oxygens (including phenoxy) is 1. The van der Waals surface area contributed by atoms with E-state index in [0.717, 1.165) is 5.56 Å². The maximum Gasteiger partial charge on any atom is 0.276 e. The number of carbonyl (C=O) groups is 1. The van der Waals surface area contributed by atoms with Crippen LogP contribution in [0.2, 0.25) is 0 Å². The summed E-state index contributed by atoms with van der Waals surface area (Å²) in [5, 5.41) is 13.8. The van der Waals surface area contributed by atoms with E-state index in [4.69, 9.17) is 9.84 Å². The van der Waals surface area contributed by atoms with Crippen LogP contribution in [-0.4, -0.2) is 39.2 Å². The van der Waals surface area contributed by atoms with Gasteiger partial charge in [-0.3, -0.25) is 10.1 Å². The average molecular weight is 424 g/mol. The Labute approximate surface area is 175 Å². The van der Waals surface area contributed by atoms with E-state index in [2.05, 4.69) is 20.3 Å². The number of amides is 1. The average Bonchev–Trinajstić information content (AvgIpc) is 3.43. The highest BCUT2D eigenvalue weighted by molar-refractivity contribution is 7.13. The molecule has 0 saturated heterocycles. The number of aromatic nitrogens is 3. The number of anilines is 1. The van der Waals surface area contributed by atoms with Crippen molar-refractivity contribution in [2.75, 3.05) is 18.5 Å². The van der Waals surface area contributed by atoms with E-state index in [1.54, 1.807) is 48.0 Å². The minimum atomic E-state index is -0.397. The molecule has 2 aromatic heterocycles. The van der Waals surface area contributed by atoms with E-state index in [1.165, 1.54) is 23.5 Å². The molecule has 30 heavy (non-hydrogen) atoms. The van der Waals surface area contributed by atoms with Gasteiger partial charge in [-0.1, -0.05) is 0 Å². The van der Waals surface area contributed by atoms with E-state index >= 15 is 0 Å². The molecule has 0 saturated carbocycles. The molecular formula is C21H17FN4O3S. The van der Waals surface area contributed by atoms with Crippen LogP contribution in [0.4, 0.5) is 9.52 Å². The van der Waals surface area contributed by atoms with Gasteiger partial charge in [-0.05, 0) is 48.5 Å². The molecule has 4 rings (SSSR count). The van der Waals surface area contributed by atoms with Crippen molar-refractivity contribution in [1.29, 1.82) is 0 Å². The number of nitrogens with one attached hydrogen (secondary N) is 2. The van der Waals surface area contributed by atoms with Crippen LogP contribution in [0.25, 0.3) is 22.6 Å². The third kappa shape index (κ3) is 4.37. The first kappa shape index (κ1) is 19.7. The Hall–Kier alpha value is -3.56. The Bertz CT molecular complexity index is 1130. The molecule has 0 aliphatic carbocycles. The zero-order chi connectivity index (χ0) is 20.9. The molecule has 0 aliphatic heterocycles. The fourth-order valence-corrected chi connectivity index (χ4v) is 3.33. The lowest BCUT2D eigenvalue weighted by atomic mass is 10.1. The highest BCUT2D eigenvalue weighted by Gasteiger charge is 2.20. The van der Waals surface area contributed by atoms with Crippen LogP contribution in [0, 0.1) is 5.82 Å². The Morgan fingerprint density at radius 2 is 1.87 bits per heavy atom. The molecule has 2 aromatic carbocycles. The van der Waals surface area contributed by atoms with Crippen molar-refractivity contribution in [2.24, 2.45) is 0 Å². The smallest absolute Gasteiger partial charge is 0.276 e. The third-order valence-corrected chi connectivity index (χ3v) is 4.88. The Kier molecular flexibility index (Phi) is 5.82. The number of aromatic amines is 1. The van der Waals surface area contributed by atoms with Gasteiger partial charge in [0, 0.05) is 22.7 Å². The van der Waals surface area contributed by atoms with Gasteiger partial charge in [0.05, 0.1) is 6.61 Å². The van der Waals surface area contributed by atoms with Crippen molar-refractivity contribution in [3.63, 3.8) is 0 Å². The minimum Gasteiger partial charge on any atom is -0.491 e. The highest BCUT2D eigenvalue weighted by Crippen LogP contribution is 2.28. The van der Waals surface area contributed by atoms with Crippen LogP contribution in [0.15, 0.2) is 60.1 Å². The quantitative estimate of drug-likeness (QED) is 0.417. The van der Waals surface area contributed by atoms with Gasteiger partial charge in [0.2, 0.25) is 0 Å². The minimum absolute atomic E-state index is 0.0709. The van der Waals surface area contributed by atoms with Crippen LogP contribution in [0.1, 0.15) is 10.5 Å². The lowest BCUT2D eigenvalue weighted by Gasteiger charge is -2.04. The molecule has 152 valence electrons. The van der Waals surface area contributed by atoms with Crippen LogP contribution in [0.5, 0.6) is 5.75 Å². The lowest BCUT2D eigenvalue weighted by molar-refractivity contribution is 0.102. The van der Waals surface area contributed by atoms with Crippen LogP contribution in [0.3, 0.4) is 0 Å². The number of hydrogen-bond acceptors (Lipinski definition) is 6. The molecule has 0 unspecified atom stereocenters. The number of thiazole rings is 1. The topological polar surface area (TPSA) is 100 Å². The van der Waals surface area contributed by atoms with Crippen molar-refractivity contribution in [3.05, 3.63) is 71.6 Å². The van der Waals surface area contributed by atoms with Gasteiger partial charge in [0.15, 0.2) is 5.13 Å². The van der Waals surface area contributed by atoms with Crippen molar-refractivity contribution in [1.82, 2.24) is 15.0 Å². The van der Waals surface area contributed by atoms with Crippen LogP contribution >= 0.6 is 11.3 Å². The number of aliphatic hydroxyl groups is 1. The maximum absolute atomic E-state index is 13.4.